The summed E-state index contributed by atoms with van der Waals surface area (Å²) in [6, 6.07) is 6.03. The number of halogens is 1. The lowest BCUT2D eigenvalue weighted by molar-refractivity contribution is 0.416. The van der Waals surface area contributed by atoms with Crippen molar-refractivity contribution in [3.8, 4) is 5.75 Å². The summed E-state index contributed by atoms with van der Waals surface area (Å²) in [4.78, 5) is 0. The Kier molecular flexibility index (Phi) is 3.43. The number of hydrogen-bond acceptors (Lipinski definition) is 2. The molecule has 0 unspecified atom stereocenters. The Morgan fingerprint density at radius 1 is 1.38 bits per heavy atom. The Morgan fingerprint density at radius 3 is 2.62 bits per heavy atom. The minimum absolute atomic E-state index is 0.368. The van der Waals surface area contributed by atoms with E-state index in [1.165, 1.54) is 0 Å². The van der Waals surface area contributed by atoms with Gasteiger partial charge in [-0.05, 0) is 26.0 Å². The molecule has 3 heteroatoms. The highest BCUT2D eigenvalue weighted by molar-refractivity contribution is 6.32. The van der Waals surface area contributed by atoms with Gasteiger partial charge < -0.3 is 10.1 Å². The number of nitrogens with one attached hydrogen (secondary N) is 1. The fourth-order valence-electron chi connectivity index (χ4n) is 1.14. The first kappa shape index (κ1) is 10.2. The van der Waals surface area contributed by atoms with Gasteiger partial charge >= 0.3 is 0 Å². The zero-order valence-corrected chi connectivity index (χ0v) is 8.85. The molecule has 1 aromatic rings. The van der Waals surface area contributed by atoms with Gasteiger partial charge in [0, 0.05) is 6.04 Å². The lowest BCUT2D eigenvalue weighted by Gasteiger charge is -2.14. The molecule has 1 rings (SSSR count). The minimum atomic E-state index is 0.368. The summed E-state index contributed by atoms with van der Waals surface area (Å²) in [6.07, 6.45) is 0. The predicted octanol–water partition coefficient (Wildman–Crippen LogP) is 3.17. The quantitative estimate of drug-likeness (QED) is 0.808. The van der Waals surface area contributed by atoms with Crippen molar-refractivity contribution in [1.29, 1.82) is 0 Å². The summed E-state index contributed by atoms with van der Waals surface area (Å²) in [6.45, 7) is 4.14. The van der Waals surface area contributed by atoms with Gasteiger partial charge in [0.25, 0.3) is 0 Å². The van der Waals surface area contributed by atoms with E-state index in [2.05, 4.69) is 19.2 Å². The van der Waals surface area contributed by atoms with Crippen LogP contribution in [0.3, 0.4) is 0 Å². The van der Waals surface area contributed by atoms with Crippen molar-refractivity contribution in [1.82, 2.24) is 0 Å². The van der Waals surface area contributed by atoms with Crippen molar-refractivity contribution < 1.29 is 4.74 Å². The summed E-state index contributed by atoms with van der Waals surface area (Å²) in [5.74, 6) is 0.706. The van der Waals surface area contributed by atoms with Crippen molar-refractivity contribution in [2.75, 3.05) is 12.4 Å². The van der Waals surface area contributed by atoms with Crippen molar-refractivity contribution in [2.45, 2.75) is 19.9 Å². The van der Waals surface area contributed by atoms with E-state index in [1.54, 1.807) is 7.11 Å². The van der Waals surface area contributed by atoms with E-state index in [0.717, 1.165) is 5.69 Å². The molecule has 0 aromatic heterocycles. The molecule has 72 valence electrons. The molecule has 1 N–H and O–H groups in total. The van der Waals surface area contributed by atoms with E-state index in [-0.39, 0.29) is 0 Å². The molecular formula is C10H14ClNO. The molecule has 0 aliphatic carbocycles. The molecule has 13 heavy (non-hydrogen) atoms. The highest BCUT2D eigenvalue weighted by Crippen LogP contribution is 2.32. The third kappa shape index (κ3) is 2.52. The largest absolute Gasteiger partial charge is 0.493 e. The number of para-hydroxylation sites is 1. The van der Waals surface area contributed by atoms with Gasteiger partial charge in [0.05, 0.1) is 17.8 Å². The molecule has 0 saturated heterocycles. The van der Waals surface area contributed by atoms with Crippen LogP contribution in [0.2, 0.25) is 5.02 Å². The lowest BCUT2D eigenvalue weighted by Crippen LogP contribution is -2.10. The van der Waals surface area contributed by atoms with E-state index < -0.39 is 0 Å². The first-order valence-corrected chi connectivity index (χ1v) is 4.62. The number of ether oxygens (including phenoxy) is 1. The molecule has 1 aromatic carbocycles. The van der Waals surface area contributed by atoms with Gasteiger partial charge in [-0.25, -0.2) is 0 Å². The lowest BCUT2D eigenvalue weighted by atomic mass is 10.2. The SMILES string of the molecule is COc1c(Cl)cccc1NC(C)C. The first-order chi connectivity index (χ1) is 6.15. The highest BCUT2D eigenvalue weighted by atomic mass is 35.5. The molecule has 0 aliphatic rings. The van der Waals surface area contributed by atoms with E-state index in [9.17, 15) is 0 Å². The zero-order valence-electron chi connectivity index (χ0n) is 8.10. The second kappa shape index (κ2) is 4.38. The van der Waals surface area contributed by atoms with Crippen molar-refractivity contribution >= 4 is 17.3 Å². The van der Waals surface area contributed by atoms with Gasteiger partial charge in [0.15, 0.2) is 5.75 Å². The summed E-state index contributed by atoms with van der Waals surface area (Å²) in [7, 11) is 1.62. The summed E-state index contributed by atoms with van der Waals surface area (Å²) < 4.78 is 5.18. The monoisotopic (exact) mass is 199 g/mol. The first-order valence-electron chi connectivity index (χ1n) is 4.24. The second-order valence-electron chi connectivity index (χ2n) is 3.12. The summed E-state index contributed by atoms with van der Waals surface area (Å²) in [5, 5.41) is 3.89. The van der Waals surface area contributed by atoms with Gasteiger partial charge in [-0.15, -0.1) is 0 Å². The molecule has 2 nitrogen and oxygen atoms in total. The van der Waals surface area contributed by atoms with Crippen LogP contribution in [-0.2, 0) is 0 Å². The standard InChI is InChI=1S/C10H14ClNO/c1-7(2)12-9-6-4-5-8(11)10(9)13-3/h4-7,12H,1-3H3. The highest BCUT2D eigenvalue weighted by Gasteiger charge is 2.06. The fourth-order valence-corrected chi connectivity index (χ4v) is 1.39. The topological polar surface area (TPSA) is 21.3 Å². The molecule has 0 heterocycles. The number of hydrogen-bond donors (Lipinski definition) is 1. The molecule has 0 saturated carbocycles. The molecule has 0 aliphatic heterocycles. The van der Waals surface area contributed by atoms with E-state index in [0.29, 0.717) is 16.8 Å². The second-order valence-corrected chi connectivity index (χ2v) is 3.53. The molecule has 0 fully saturated rings. The maximum absolute atomic E-state index is 5.95. The maximum Gasteiger partial charge on any atom is 0.160 e. The van der Waals surface area contributed by atoms with Crippen LogP contribution in [0.25, 0.3) is 0 Å². The fraction of sp³-hybridized carbons (Fsp3) is 0.400. The molecule has 0 radical (unpaired) electrons. The van der Waals surface area contributed by atoms with Crippen LogP contribution >= 0.6 is 11.6 Å². The molecule has 0 spiro atoms. The van der Waals surface area contributed by atoms with Crippen LogP contribution in [0.1, 0.15) is 13.8 Å². The number of methoxy groups -OCH3 is 1. The van der Waals surface area contributed by atoms with Crippen LogP contribution < -0.4 is 10.1 Å². The minimum Gasteiger partial charge on any atom is -0.493 e. The van der Waals surface area contributed by atoms with Crippen LogP contribution in [0.5, 0.6) is 5.75 Å². The van der Waals surface area contributed by atoms with Gasteiger partial charge in [-0.2, -0.15) is 0 Å². The molecular weight excluding hydrogens is 186 g/mol. The maximum atomic E-state index is 5.95. The van der Waals surface area contributed by atoms with Gasteiger partial charge in [0.1, 0.15) is 0 Å². The van der Waals surface area contributed by atoms with Gasteiger partial charge in [-0.3, -0.25) is 0 Å². The Hall–Kier alpha value is -0.890. The van der Waals surface area contributed by atoms with Crippen LogP contribution in [0.15, 0.2) is 18.2 Å². The van der Waals surface area contributed by atoms with Gasteiger partial charge in [-0.1, -0.05) is 17.7 Å². The molecule has 0 amide bonds. The third-order valence-corrected chi connectivity index (χ3v) is 1.91. The smallest absolute Gasteiger partial charge is 0.160 e. The van der Waals surface area contributed by atoms with E-state index in [4.69, 9.17) is 16.3 Å². The van der Waals surface area contributed by atoms with Crippen molar-refractivity contribution in [3.05, 3.63) is 23.2 Å². The Labute approximate surface area is 83.9 Å². The number of rotatable bonds is 3. The van der Waals surface area contributed by atoms with Crippen LogP contribution in [-0.4, -0.2) is 13.2 Å². The number of benzene rings is 1. The molecule has 0 bridgehead atoms. The normalized spacial score (nSPS) is 10.2. The Balaban J connectivity index is 2.98. The molecule has 0 atom stereocenters. The van der Waals surface area contributed by atoms with Crippen LogP contribution in [0, 0.1) is 0 Å². The Bertz CT molecular complexity index is 286. The average Bonchev–Trinajstić information content (AvgIpc) is 2.03. The summed E-state index contributed by atoms with van der Waals surface area (Å²) >= 11 is 5.95. The predicted molar refractivity (Wildman–Crippen MR) is 56.8 cm³/mol. The van der Waals surface area contributed by atoms with Gasteiger partial charge in [0.2, 0.25) is 0 Å². The van der Waals surface area contributed by atoms with E-state index in [1.807, 2.05) is 18.2 Å². The summed E-state index contributed by atoms with van der Waals surface area (Å²) in [5.41, 5.74) is 0.935. The van der Waals surface area contributed by atoms with Crippen molar-refractivity contribution in [2.24, 2.45) is 0 Å². The number of anilines is 1. The Morgan fingerprint density at radius 2 is 2.08 bits per heavy atom. The third-order valence-electron chi connectivity index (χ3n) is 1.62. The zero-order chi connectivity index (χ0) is 9.84. The average molecular weight is 200 g/mol. The van der Waals surface area contributed by atoms with Crippen LogP contribution in [0.4, 0.5) is 5.69 Å². The van der Waals surface area contributed by atoms with E-state index >= 15 is 0 Å². The van der Waals surface area contributed by atoms with Crippen molar-refractivity contribution in [3.63, 3.8) is 0 Å².